The number of aliphatic hydroxyl groups is 1. The van der Waals surface area contributed by atoms with Gasteiger partial charge in [-0.25, -0.2) is 4.79 Å². The number of carbonyl (C=O) groups is 1. The molecule has 1 heterocycles. The molecule has 0 amide bonds. The average molecular weight is 156 g/mol. The first-order valence-corrected chi connectivity index (χ1v) is 3.55. The molecule has 0 aromatic heterocycles. The van der Waals surface area contributed by atoms with Crippen molar-refractivity contribution in [1.82, 2.24) is 0 Å². The van der Waals surface area contributed by atoms with Gasteiger partial charge >= 0.3 is 5.97 Å². The summed E-state index contributed by atoms with van der Waals surface area (Å²) in [5, 5.41) is 8.87. The highest BCUT2D eigenvalue weighted by Gasteiger charge is 2.29. The van der Waals surface area contributed by atoms with E-state index in [1.807, 2.05) is 13.8 Å². The van der Waals surface area contributed by atoms with E-state index in [9.17, 15) is 4.79 Å². The van der Waals surface area contributed by atoms with Gasteiger partial charge in [-0.2, -0.15) is 0 Å². The fourth-order valence-corrected chi connectivity index (χ4v) is 0.983. The van der Waals surface area contributed by atoms with E-state index in [1.165, 1.54) is 6.08 Å². The van der Waals surface area contributed by atoms with Crippen LogP contribution in [0.4, 0.5) is 0 Å². The van der Waals surface area contributed by atoms with Gasteiger partial charge in [0.15, 0.2) is 0 Å². The zero-order chi connectivity index (χ0) is 8.48. The van der Waals surface area contributed by atoms with Crippen LogP contribution in [-0.2, 0) is 9.53 Å². The van der Waals surface area contributed by atoms with Crippen molar-refractivity contribution >= 4 is 5.97 Å². The lowest BCUT2D eigenvalue weighted by Crippen LogP contribution is -2.30. The summed E-state index contributed by atoms with van der Waals surface area (Å²) in [7, 11) is 0. The van der Waals surface area contributed by atoms with Crippen LogP contribution in [0.1, 0.15) is 13.8 Å². The molecule has 1 rings (SSSR count). The first kappa shape index (κ1) is 8.27. The molecule has 0 spiro atoms. The number of hydrogen-bond acceptors (Lipinski definition) is 3. The first-order chi connectivity index (χ1) is 5.06. The summed E-state index contributed by atoms with van der Waals surface area (Å²) in [5.74, 6) is -0.353. The molecule has 11 heavy (non-hydrogen) atoms. The Morgan fingerprint density at radius 3 is 2.82 bits per heavy atom. The summed E-state index contributed by atoms with van der Waals surface area (Å²) < 4.78 is 4.80. The Bertz CT molecular complexity index is 203. The molecular weight excluding hydrogens is 144 g/mol. The summed E-state index contributed by atoms with van der Waals surface area (Å²) in [6, 6.07) is 0. The number of esters is 1. The molecule has 1 aliphatic heterocycles. The summed E-state index contributed by atoms with van der Waals surface area (Å²) in [6.45, 7) is 4.16. The Kier molecular flexibility index (Phi) is 2.00. The second kappa shape index (κ2) is 2.66. The summed E-state index contributed by atoms with van der Waals surface area (Å²) >= 11 is 0. The van der Waals surface area contributed by atoms with Gasteiger partial charge in [-0.1, -0.05) is 13.8 Å². The molecule has 0 unspecified atom stereocenters. The second-order valence-electron chi connectivity index (χ2n) is 3.32. The SMILES string of the molecule is CC1(C)COC(=O)C=C1CO. The van der Waals surface area contributed by atoms with Gasteiger partial charge in [-0.15, -0.1) is 0 Å². The van der Waals surface area contributed by atoms with Crippen LogP contribution in [0.2, 0.25) is 0 Å². The molecule has 0 radical (unpaired) electrons. The molecule has 0 aromatic carbocycles. The van der Waals surface area contributed by atoms with Crippen LogP contribution >= 0.6 is 0 Å². The van der Waals surface area contributed by atoms with E-state index < -0.39 is 0 Å². The highest BCUT2D eigenvalue weighted by Crippen LogP contribution is 2.29. The molecule has 3 heteroatoms. The standard InChI is InChI=1S/C8H12O3/c1-8(2)5-11-7(10)3-6(8)4-9/h3,9H,4-5H2,1-2H3. The van der Waals surface area contributed by atoms with Crippen molar-refractivity contribution in [2.45, 2.75) is 13.8 Å². The van der Waals surface area contributed by atoms with E-state index in [1.54, 1.807) is 0 Å². The third-order valence-corrected chi connectivity index (χ3v) is 1.91. The predicted octanol–water partition coefficient (Wildman–Crippen LogP) is 0.488. The van der Waals surface area contributed by atoms with Crippen LogP contribution in [0, 0.1) is 5.41 Å². The Hall–Kier alpha value is -0.830. The first-order valence-electron chi connectivity index (χ1n) is 3.55. The molecule has 3 nitrogen and oxygen atoms in total. The summed E-state index contributed by atoms with van der Waals surface area (Å²) in [6.07, 6.45) is 1.36. The van der Waals surface area contributed by atoms with Gasteiger partial charge in [-0.3, -0.25) is 0 Å². The molecule has 1 N–H and O–H groups in total. The number of cyclic esters (lactones) is 1. The minimum absolute atomic E-state index is 0.0674. The molecule has 0 saturated heterocycles. The van der Waals surface area contributed by atoms with E-state index in [4.69, 9.17) is 9.84 Å². The van der Waals surface area contributed by atoms with Gasteiger partial charge in [0.25, 0.3) is 0 Å². The Balaban J connectivity index is 2.89. The van der Waals surface area contributed by atoms with Crippen molar-refractivity contribution in [3.63, 3.8) is 0 Å². The molecule has 0 fully saturated rings. The highest BCUT2D eigenvalue weighted by molar-refractivity contribution is 5.84. The molecule has 62 valence electrons. The third-order valence-electron chi connectivity index (χ3n) is 1.91. The van der Waals surface area contributed by atoms with Crippen LogP contribution in [0.3, 0.4) is 0 Å². The van der Waals surface area contributed by atoms with Crippen molar-refractivity contribution < 1.29 is 14.6 Å². The van der Waals surface area contributed by atoms with E-state index in [2.05, 4.69) is 0 Å². The van der Waals surface area contributed by atoms with Gasteiger partial charge in [0, 0.05) is 11.5 Å². The Labute approximate surface area is 65.7 Å². The zero-order valence-corrected chi connectivity index (χ0v) is 6.76. The third kappa shape index (κ3) is 1.60. The minimum atomic E-state index is -0.353. The zero-order valence-electron chi connectivity index (χ0n) is 6.76. The molecule has 0 bridgehead atoms. The van der Waals surface area contributed by atoms with Crippen LogP contribution in [0.15, 0.2) is 11.6 Å². The predicted molar refractivity (Wildman–Crippen MR) is 39.9 cm³/mol. The molecule has 0 atom stereocenters. The largest absolute Gasteiger partial charge is 0.462 e. The van der Waals surface area contributed by atoms with Gasteiger partial charge in [0.2, 0.25) is 0 Å². The van der Waals surface area contributed by atoms with Crippen LogP contribution < -0.4 is 0 Å². The minimum Gasteiger partial charge on any atom is -0.462 e. The van der Waals surface area contributed by atoms with Gasteiger partial charge < -0.3 is 9.84 Å². The number of aliphatic hydroxyl groups excluding tert-OH is 1. The maximum Gasteiger partial charge on any atom is 0.330 e. The molecule has 0 aliphatic carbocycles. The number of hydrogen-bond donors (Lipinski definition) is 1. The van der Waals surface area contributed by atoms with E-state index in [0.29, 0.717) is 6.61 Å². The van der Waals surface area contributed by atoms with E-state index in [-0.39, 0.29) is 18.0 Å². The molecule has 1 aliphatic rings. The second-order valence-corrected chi connectivity index (χ2v) is 3.32. The van der Waals surface area contributed by atoms with Crippen molar-refractivity contribution in [2.75, 3.05) is 13.2 Å². The van der Waals surface area contributed by atoms with Crippen molar-refractivity contribution in [3.8, 4) is 0 Å². The van der Waals surface area contributed by atoms with Gasteiger partial charge in [-0.05, 0) is 5.57 Å². The van der Waals surface area contributed by atoms with Crippen molar-refractivity contribution in [3.05, 3.63) is 11.6 Å². The summed E-state index contributed by atoms with van der Waals surface area (Å²) in [4.78, 5) is 10.7. The van der Waals surface area contributed by atoms with Gasteiger partial charge in [0.05, 0.1) is 6.61 Å². The fourth-order valence-electron chi connectivity index (χ4n) is 0.983. The topological polar surface area (TPSA) is 46.5 Å². The van der Waals surface area contributed by atoms with Gasteiger partial charge in [0.1, 0.15) is 6.61 Å². The van der Waals surface area contributed by atoms with Crippen LogP contribution in [-0.4, -0.2) is 24.3 Å². The number of ether oxygens (including phenoxy) is 1. The van der Waals surface area contributed by atoms with Crippen LogP contribution in [0.25, 0.3) is 0 Å². The highest BCUT2D eigenvalue weighted by atomic mass is 16.5. The smallest absolute Gasteiger partial charge is 0.330 e. The Morgan fingerprint density at radius 2 is 2.36 bits per heavy atom. The lowest BCUT2D eigenvalue weighted by Gasteiger charge is -2.29. The molecule has 0 saturated carbocycles. The Morgan fingerprint density at radius 1 is 1.73 bits per heavy atom. The fraction of sp³-hybridized carbons (Fsp3) is 0.625. The summed E-state index contributed by atoms with van der Waals surface area (Å²) in [5.41, 5.74) is 0.539. The van der Waals surface area contributed by atoms with E-state index in [0.717, 1.165) is 5.57 Å². The van der Waals surface area contributed by atoms with E-state index >= 15 is 0 Å². The van der Waals surface area contributed by atoms with Crippen LogP contribution in [0.5, 0.6) is 0 Å². The molecule has 0 aromatic rings. The van der Waals surface area contributed by atoms with Crippen molar-refractivity contribution in [2.24, 2.45) is 5.41 Å². The number of rotatable bonds is 1. The lowest BCUT2D eigenvalue weighted by molar-refractivity contribution is -0.142. The lowest BCUT2D eigenvalue weighted by atomic mass is 9.84. The average Bonchev–Trinajstić information content (AvgIpc) is 1.94. The van der Waals surface area contributed by atoms with Crippen molar-refractivity contribution in [1.29, 1.82) is 0 Å². The maximum atomic E-state index is 10.7. The molecular formula is C8H12O3. The normalized spacial score (nSPS) is 22.5. The quantitative estimate of drug-likeness (QED) is 0.562. The monoisotopic (exact) mass is 156 g/mol. The number of carbonyl (C=O) groups excluding carboxylic acids is 1. The maximum absolute atomic E-state index is 10.7.